The number of rotatable bonds is 3. The van der Waals surface area contributed by atoms with E-state index in [4.69, 9.17) is 0 Å². The van der Waals surface area contributed by atoms with Gasteiger partial charge in [-0.2, -0.15) is 0 Å². The molecule has 0 bridgehead atoms. The highest BCUT2D eigenvalue weighted by Crippen LogP contribution is 2.35. The summed E-state index contributed by atoms with van der Waals surface area (Å²) in [5, 5.41) is 0. The Morgan fingerprint density at radius 2 is 1.60 bits per heavy atom. The SMILES string of the molecule is C[C](C)C(Cc1ccccc1)C(C)(C)C. The molecule has 0 aliphatic carbocycles. The maximum atomic E-state index is 2.33. The van der Waals surface area contributed by atoms with Gasteiger partial charge in [-0.3, -0.25) is 0 Å². The van der Waals surface area contributed by atoms with Crippen molar-refractivity contribution in [1.82, 2.24) is 0 Å². The van der Waals surface area contributed by atoms with Crippen molar-refractivity contribution in [3.8, 4) is 0 Å². The highest BCUT2D eigenvalue weighted by Gasteiger charge is 2.27. The predicted octanol–water partition coefficient (Wildman–Crippen LogP) is 4.51. The Bertz CT molecular complexity index is 277. The third-order valence-electron chi connectivity index (χ3n) is 3.02. The summed E-state index contributed by atoms with van der Waals surface area (Å²) in [6.45, 7) is 11.5. The normalized spacial score (nSPS) is 14.3. The molecule has 1 rings (SSSR count). The molecule has 0 aliphatic heterocycles. The van der Waals surface area contributed by atoms with E-state index in [-0.39, 0.29) is 0 Å². The van der Waals surface area contributed by atoms with Crippen molar-refractivity contribution >= 4 is 0 Å². The fraction of sp³-hybridized carbons (Fsp3) is 0.533. The maximum absolute atomic E-state index is 2.33. The molecule has 0 heterocycles. The summed E-state index contributed by atoms with van der Waals surface area (Å²) in [6.07, 6.45) is 1.16. The molecule has 1 aromatic carbocycles. The van der Waals surface area contributed by atoms with Crippen molar-refractivity contribution in [2.75, 3.05) is 0 Å². The minimum atomic E-state index is 0.356. The monoisotopic (exact) mass is 203 g/mol. The lowest BCUT2D eigenvalue weighted by molar-refractivity contribution is 0.252. The van der Waals surface area contributed by atoms with Gasteiger partial charge in [0, 0.05) is 0 Å². The van der Waals surface area contributed by atoms with E-state index in [0.29, 0.717) is 11.3 Å². The molecule has 0 heteroatoms. The van der Waals surface area contributed by atoms with Crippen LogP contribution in [-0.4, -0.2) is 0 Å². The molecule has 0 spiro atoms. The first kappa shape index (κ1) is 12.3. The first-order chi connectivity index (χ1) is 6.91. The second-order valence-corrected chi connectivity index (χ2v) is 5.69. The van der Waals surface area contributed by atoms with Crippen molar-refractivity contribution in [1.29, 1.82) is 0 Å². The molecule has 0 N–H and O–H groups in total. The molecular formula is C15H23. The zero-order valence-electron chi connectivity index (χ0n) is 10.7. The fourth-order valence-electron chi connectivity index (χ4n) is 2.23. The minimum Gasteiger partial charge on any atom is -0.0622 e. The minimum absolute atomic E-state index is 0.356. The van der Waals surface area contributed by atoms with Crippen molar-refractivity contribution in [2.24, 2.45) is 11.3 Å². The van der Waals surface area contributed by atoms with Gasteiger partial charge in [-0.05, 0) is 29.2 Å². The van der Waals surface area contributed by atoms with Crippen molar-refractivity contribution in [2.45, 2.75) is 41.0 Å². The fourth-order valence-corrected chi connectivity index (χ4v) is 2.23. The molecule has 0 nitrogen and oxygen atoms in total. The zero-order valence-corrected chi connectivity index (χ0v) is 10.7. The van der Waals surface area contributed by atoms with Crippen LogP contribution in [0.1, 0.15) is 40.2 Å². The topological polar surface area (TPSA) is 0 Å². The molecule has 1 atom stereocenters. The number of benzene rings is 1. The van der Waals surface area contributed by atoms with Gasteiger partial charge in [-0.25, -0.2) is 0 Å². The smallest absolute Gasteiger partial charge is 0.0240 e. The molecule has 83 valence electrons. The van der Waals surface area contributed by atoms with E-state index in [1.807, 2.05) is 0 Å². The molecule has 15 heavy (non-hydrogen) atoms. The Labute approximate surface area is 94.7 Å². The van der Waals surface area contributed by atoms with E-state index in [2.05, 4.69) is 65.0 Å². The van der Waals surface area contributed by atoms with Crippen LogP contribution in [0.3, 0.4) is 0 Å². The van der Waals surface area contributed by atoms with Gasteiger partial charge in [0.1, 0.15) is 0 Å². The standard InChI is InChI=1S/C15H23/c1-12(2)14(15(3,4)5)11-13-9-7-6-8-10-13/h6-10,14H,11H2,1-5H3. The van der Waals surface area contributed by atoms with E-state index in [0.717, 1.165) is 6.42 Å². The second-order valence-electron chi connectivity index (χ2n) is 5.69. The van der Waals surface area contributed by atoms with E-state index < -0.39 is 0 Å². The Morgan fingerprint density at radius 3 is 2.00 bits per heavy atom. The van der Waals surface area contributed by atoms with Crippen LogP contribution in [0.4, 0.5) is 0 Å². The third-order valence-corrected chi connectivity index (χ3v) is 3.02. The molecule has 1 unspecified atom stereocenters. The molecule has 0 saturated heterocycles. The Balaban J connectivity index is 2.77. The second kappa shape index (κ2) is 4.83. The van der Waals surface area contributed by atoms with Gasteiger partial charge in [-0.1, -0.05) is 65.0 Å². The molecule has 0 aromatic heterocycles. The molecule has 0 aliphatic rings. The van der Waals surface area contributed by atoms with Gasteiger partial charge in [-0.15, -0.1) is 0 Å². The molecular weight excluding hydrogens is 180 g/mol. The van der Waals surface area contributed by atoms with E-state index in [1.165, 1.54) is 11.5 Å². The highest BCUT2D eigenvalue weighted by molar-refractivity contribution is 5.17. The Morgan fingerprint density at radius 1 is 1.07 bits per heavy atom. The molecule has 1 aromatic rings. The predicted molar refractivity (Wildman–Crippen MR) is 67.7 cm³/mol. The summed E-state index contributed by atoms with van der Waals surface area (Å²) in [7, 11) is 0. The average Bonchev–Trinajstić information content (AvgIpc) is 2.13. The number of hydrogen-bond acceptors (Lipinski definition) is 0. The van der Waals surface area contributed by atoms with E-state index >= 15 is 0 Å². The Kier molecular flexibility index (Phi) is 3.96. The van der Waals surface area contributed by atoms with Crippen molar-refractivity contribution < 1.29 is 0 Å². The van der Waals surface area contributed by atoms with Gasteiger partial charge in [0.25, 0.3) is 0 Å². The van der Waals surface area contributed by atoms with Gasteiger partial charge in [0.2, 0.25) is 0 Å². The van der Waals surface area contributed by atoms with Crippen LogP contribution in [0, 0.1) is 17.3 Å². The molecule has 0 fully saturated rings. The lowest BCUT2D eigenvalue weighted by Gasteiger charge is -2.34. The maximum Gasteiger partial charge on any atom is -0.0240 e. The van der Waals surface area contributed by atoms with Crippen molar-refractivity contribution in [3.05, 3.63) is 41.8 Å². The highest BCUT2D eigenvalue weighted by atomic mass is 14.3. The summed E-state index contributed by atoms with van der Waals surface area (Å²) >= 11 is 0. The average molecular weight is 203 g/mol. The Hall–Kier alpha value is -0.780. The first-order valence-electron chi connectivity index (χ1n) is 5.75. The summed E-state index contributed by atoms with van der Waals surface area (Å²) in [6, 6.07) is 10.8. The van der Waals surface area contributed by atoms with Crippen LogP contribution in [0.25, 0.3) is 0 Å². The van der Waals surface area contributed by atoms with E-state index in [9.17, 15) is 0 Å². The van der Waals surface area contributed by atoms with Crippen molar-refractivity contribution in [3.63, 3.8) is 0 Å². The van der Waals surface area contributed by atoms with Crippen LogP contribution in [0.15, 0.2) is 30.3 Å². The summed E-state index contributed by atoms with van der Waals surface area (Å²) in [5.74, 6) is 2.20. The van der Waals surface area contributed by atoms with Crippen LogP contribution in [0.5, 0.6) is 0 Å². The third kappa shape index (κ3) is 3.70. The van der Waals surface area contributed by atoms with Gasteiger partial charge >= 0.3 is 0 Å². The first-order valence-corrected chi connectivity index (χ1v) is 5.75. The quantitative estimate of drug-likeness (QED) is 0.678. The lowest BCUT2D eigenvalue weighted by Crippen LogP contribution is -2.26. The number of hydrogen-bond donors (Lipinski definition) is 0. The van der Waals surface area contributed by atoms with Gasteiger partial charge in [0.15, 0.2) is 0 Å². The summed E-state index contributed by atoms with van der Waals surface area (Å²) in [5.41, 5.74) is 1.80. The largest absolute Gasteiger partial charge is 0.0622 e. The molecule has 0 saturated carbocycles. The van der Waals surface area contributed by atoms with Crippen LogP contribution in [-0.2, 0) is 6.42 Å². The van der Waals surface area contributed by atoms with Gasteiger partial charge < -0.3 is 0 Å². The molecule has 0 amide bonds. The van der Waals surface area contributed by atoms with Crippen LogP contribution >= 0.6 is 0 Å². The summed E-state index contributed by atoms with van der Waals surface area (Å²) in [4.78, 5) is 0. The van der Waals surface area contributed by atoms with Crippen LogP contribution < -0.4 is 0 Å². The summed E-state index contributed by atoms with van der Waals surface area (Å²) < 4.78 is 0. The van der Waals surface area contributed by atoms with E-state index in [1.54, 1.807) is 0 Å². The lowest BCUT2D eigenvalue weighted by atomic mass is 9.71. The van der Waals surface area contributed by atoms with Gasteiger partial charge in [0.05, 0.1) is 0 Å². The molecule has 1 radical (unpaired) electrons. The zero-order chi connectivity index (χ0) is 11.5. The van der Waals surface area contributed by atoms with Crippen LogP contribution in [0.2, 0.25) is 0 Å².